The molecule has 2 aliphatic heterocycles. The second-order valence-electron chi connectivity index (χ2n) is 11.0. The monoisotopic (exact) mass is 618 g/mol. The van der Waals surface area contributed by atoms with Crippen LogP contribution < -0.4 is 18.5 Å². The fraction of sp³-hybridized carbons (Fsp3) is 0.333. The average Bonchev–Trinajstić information content (AvgIpc) is 3.07. The molecule has 0 amide bonds. The number of halogens is 1. The van der Waals surface area contributed by atoms with Gasteiger partial charge in [0.2, 0.25) is 5.95 Å². The minimum Gasteiger partial charge on any atom is -0.497 e. The third kappa shape index (κ3) is 5.94. The average molecular weight is 619 g/mol. The van der Waals surface area contributed by atoms with E-state index in [9.17, 15) is 8.42 Å². The predicted octanol–water partition coefficient (Wildman–Crippen LogP) is 5.73. The Balaban J connectivity index is 1.34. The van der Waals surface area contributed by atoms with Gasteiger partial charge in [0.25, 0.3) is 10.0 Å². The third-order valence-corrected chi connectivity index (χ3v) is 10.1. The molecule has 0 bridgehead atoms. The first-order valence-corrected chi connectivity index (χ1v) is 16.1. The Morgan fingerprint density at radius 1 is 1.00 bits per heavy atom. The van der Waals surface area contributed by atoms with E-state index >= 15 is 4.39 Å². The van der Waals surface area contributed by atoms with E-state index in [1.807, 2.05) is 6.07 Å². The first-order chi connectivity index (χ1) is 21.4. The summed E-state index contributed by atoms with van der Waals surface area (Å²) in [6, 6.07) is 19.7. The van der Waals surface area contributed by atoms with Gasteiger partial charge in [-0.1, -0.05) is 30.3 Å². The number of likely N-dealkylation sites (tertiary alicyclic amines) is 1. The van der Waals surface area contributed by atoms with Crippen LogP contribution in [0.2, 0.25) is 0 Å². The summed E-state index contributed by atoms with van der Waals surface area (Å²) in [5.41, 5.74) is 2.49. The number of piperidine rings is 1. The number of hydrogen-bond acceptors (Lipinski definition) is 8. The van der Waals surface area contributed by atoms with Crippen LogP contribution >= 0.6 is 0 Å². The number of nitrogens with zero attached hydrogens (tertiary/aromatic N) is 4. The maximum absolute atomic E-state index is 16.1. The molecule has 2 unspecified atom stereocenters. The van der Waals surface area contributed by atoms with Crippen molar-refractivity contribution in [3.8, 4) is 17.2 Å². The normalized spacial score (nSPS) is 18.6. The summed E-state index contributed by atoms with van der Waals surface area (Å²) in [6.45, 7) is 1.94. The standard InChI is InChI=1S/C33H35FN4O5S/c1-41-26-12-11-25(30(18-26)42-2)22-38(33-35-14-7-15-36-33)44(39,40)32-20-31-27(19-28(32)34)29(13-17-43-31)37-16-6-10-24(21-37)23-8-4-3-5-9-23/h3-5,7-9,11-12,14-15,18-20,24,29H,6,10,13,16-17,21-22H2,1-2H3. The van der Waals surface area contributed by atoms with Gasteiger partial charge in [0, 0.05) is 54.7 Å². The van der Waals surface area contributed by atoms with Gasteiger partial charge in [-0.15, -0.1) is 0 Å². The van der Waals surface area contributed by atoms with Gasteiger partial charge in [0.1, 0.15) is 28.0 Å². The molecule has 3 heterocycles. The summed E-state index contributed by atoms with van der Waals surface area (Å²) in [5.74, 6) is 0.772. The van der Waals surface area contributed by atoms with Crippen LogP contribution in [0.15, 0.2) is 84.0 Å². The topological polar surface area (TPSA) is 94.1 Å². The van der Waals surface area contributed by atoms with Gasteiger partial charge in [-0.05, 0) is 55.1 Å². The maximum Gasteiger partial charge on any atom is 0.270 e. The van der Waals surface area contributed by atoms with Gasteiger partial charge < -0.3 is 14.2 Å². The van der Waals surface area contributed by atoms with Gasteiger partial charge in [0.15, 0.2) is 0 Å². The van der Waals surface area contributed by atoms with Crippen molar-refractivity contribution >= 4 is 16.0 Å². The van der Waals surface area contributed by atoms with Crippen molar-refractivity contribution in [3.05, 3.63) is 102 Å². The van der Waals surface area contributed by atoms with E-state index in [1.54, 1.807) is 24.3 Å². The summed E-state index contributed by atoms with van der Waals surface area (Å²) in [6.07, 6.45) is 5.70. The highest BCUT2D eigenvalue weighted by Crippen LogP contribution is 2.42. The molecule has 9 nitrogen and oxygen atoms in total. The lowest BCUT2D eigenvalue weighted by atomic mass is 9.88. The van der Waals surface area contributed by atoms with E-state index in [4.69, 9.17) is 14.2 Å². The Hall–Kier alpha value is -4.22. The van der Waals surface area contributed by atoms with Crippen molar-refractivity contribution < 1.29 is 27.0 Å². The molecule has 0 aliphatic carbocycles. The SMILES string of the molecule is COc1ccc(CN(c2ncccn2)S(=O)(=O)c2cc3c(cc2F)C(N2CCCC(c4ccccc4)C2)CCO3)c(OC)c1. The molecule has 2 atom stereocenters. The van der Waals surface area contributed by atoms with Crippen molar-refractivity contribution in [2.75, 3.05) is 38.2 Å². The number of hydrogen-bond donors (Lipinski definition) is 0. The number of sulfonamides is 1. The molecule has 2 aliphatic rings. The zero-order valence-corrected chi connectivity index (χ0v) is 25.5. The first kappa shape index (κ1) is 29.8. The summed E-state index contributed by atoms with van der Waals surface area (Å²) >= 11 is 0. The van der Waals surface area contributed by atoms with Gasteiger partial charge >= 0.3 is 0 Å². The lowest BCUT2D eigenvalue weighted by Gasteiger charge is -2.41. The number of anilines is 1. The Labute approximate surface area is 257 Å². The molecule has 0 spiro atoms. The Morgan fingerprint density at radius 2 is 1.80 bits per heavy atom. The minimum atomic E-state index is -4.49. The van der Waals surface area contributed by atoms with Crippen molar-refractivity contribution in [2.24, 2.45) is 0 Å². The number of ether oxygens (including phenoxy) is 3. The van der Waals surface area contributed by atoms with E-state index in [0.29, 0.717) is 47.3 Å². The van der Waals surface area contributed by atoms with E-state index in [0.717, 1.165) is 30.2 Å². The molecule has 0 N–H and O–H groups in total. The van der Waals surface area contributed by atoms with Crippen LogP contribution in [0.25, 0.3) is 0 Å². The number of fused-ring (bicyclic) bond motifs is 1. The van der Waals surface area contributed by atoms with Gasteiger partial charge in [-0.25, -0.2) is 27.1 Å². The zero-order valence-electron chi connectivity index (χ0n) is 24.7. The number of methoxy groups -OCH3 is 2. The van der Waals surface area contributed by atoms with Crippen LogP contribution in [0.5, 0.6) is 17.2 Å². The fourth-order valence-electron chi connectivity index (χ4n) is 6.17. The molecule has 4 aromatic rings. The third-order valence-electron chi connectivity index (χ3n) is 8.39. The van der Waals surface area contributed by atoms with E-state index in [2.05, 4.69) is 39.1 Å². The molecule has 6 rings (SSSR count). The molecule has 1 fully saturated rings. The predicted molar refractivity (Wildman–Crippen MR) is 164 cm³/mol. The van der Waals surface area contributed by atoms with Crippen molar-refractivity contribution in [3.63, 3.8) is 0 Å². The Bertz CT molecular complexity index is 1710. The van der Waals surface area contributed by atoms with Gasteiger partial charge in [-0.3, -0.25) is 4.90 Å². The van der Waals surface area contributed by atoms with E-state index < -0.39 is 20.7 Å². The van der Waals surface area contributed by atoms with E-state index in [-0.39, 0.29) is 18.5 Å². The summed E-state index contributed by atoms with van der Waals surface area (Å²) in [7, 11) is -1.48. The second-order valence-corrected chi connectivity index (χ2v) is 12.8. The Morgan fingerprint density at radius 3 is 2.55 bits per heavy atom. The molecule has 230 valence electrons. The van der Waals surface area contributed by atoms with Crippen molar-refractivity contribution in [2.45, 2.75) is 42.7 Å². The van der Waals surface area contributed by atoms with Crippen LogP contribution in [0.4, 0.5) is 10.3 Å². The lowest BCUT2D eigenvalue weighted by Crippen LogP contribution is -2.39. The minimum absolute atomic E-state index is 0.0753. The molecule has 0 saturated carbocycles. The molecular weight excluding hydrogens is 583 g/mol. The highest BCUT2D eigenvalue weighted by Gasteiger charge is 2.36. The molecular formula is C33H35FN4O5S. The maximum atomic E-state index is 16.1. The molecule has 11 heteroatoms. The van der Waals surface area contributed by atoms with Crippen LogP contribution in [0.1, 0.15) is 47.9 Å². The Kier molecular flexibility index (Phi) is 8.67. The zero-order chi connectivity index (χ0) is 30.7. The molecule has 1 saturated heterocycles. The second kappa shape index (κ2) is 12.8. The summed E-state index contributed by atoms with van der Waals surface area (Å²) < 4.78 is 62.2. The van der Waals surface area contributed by atoms with Crippen molar-refractivity contribution in [1.82, 2.24) is 14.9 Å². The summed E-state index contributed by atoms with van der Waals surface area (Å²) in [5, 5.41) is 0. The molecule has 1 aromatic heterocycles. The van der Waals surface area contributed by atoms with Crippen LogP contribution in [0, 0.1) is 5.82 Å². The molecule has 44 heavy (non-hydrogen) atoms. The highest BCUT2D eigenvalue weighted by atomic mass is 32.2. The molecule has 0 radical (unpaired) electrons. The highest BCUT2D eigenvalue weighted by molar-refractivity contribution is 7.92. The largest absolute Gasteiger partial charge is 0.497 e. The fourth-order valence-corrected chi connectivity index (χ4v) is 7.59. The van der Waals surface area contributed by atoms with Crippen LogP contribution in [0.3, 0.4) is 0 Å². The number of rotatable bonds is 9. The van der Waals surface area contributed by atoms with E-state index in [1.165, 1.54) is 44.3 Å². The van der Waals surface area contributed by atoms with Crippen molar-refractivity contribution in [1.29, 1.82) is 0 Å². The number of benzene rings is 3. The lowest BCUT2D eigenvalue weighted by molar-refractivity contribution is 0.108. The smallest absolute Gasteiger partial charge is 0.270 e. The van der Waals surface area contributed by atoms with Crippen LogP contribution in [-0.4, -0.2) is 57.2 Å². The number of aromatic nitrogens is 2. The summed E-state index contributed by atoms with van der Waals surface area (Å²) in [4.78, 5) is 10.3. The quantitative estimate of drug-likeness (QED) is 0.235. The van der Waals surface area contributed by atoms with Gasteiger partial charge in [-0.2, -0.15) is 0 Å². The molecule has 3 aromatic carbocycles. The first-order valence-electron chi connectivity index (χ1n) is 14.6. The van der Waals surface area contributed by atoms with Crippen LogP contribution in [-0.2, 0) is 16.6 Å². The van der Waals surface area contributed by atoms with Gasteiger partial charge in [0.05, 0.1) is 27.4 Å².